The SMILES string of the molecule is CSc1n[nH]c2nc(Nc3cnn(CC#N)c3)nc(N)c12. The van der Waals surface area contributed by atoms with Gasteiger partial charge in [-0.15, -0.1) is 11.8 Å². The normalized spacial score (nSPS) is 10.7. The number of hydrogen-bond acceptors (Lipinski definition) is 8. The fraction of sp³-hybridized carbons (Fsp3) is 0.182. The maximum absolute atomic E-state index is 8.61. The number of nitrogens with zero attached hydrogens (tertiary/aromatic N) is 6. The average Bonchev–Trinajstić information content (AvgIpc) is 3.06. The van der Waals surface area contributed by atoms with Gasteiger partial charge in [-0.2, -0.15) is 25.4 Å². The summed E-state index contributed by atoms with van der Waals surface area (Å²) in [7, 11) is 0. The largest absolute Gasteiger partial charge is 0.383 e. The van der Waals surface area contributed by atoms with E-state index in [2.05, 4.69) is 30.6 Å². The molecule has 0 atom stereocenters. The summed E-state index contributed by atoms with van der Waals surface area (Å²) in [5.74, 6) is 0.692. The lowest BCUT2D eigenvalue weighted by Gasteiger charge is -2.03. The minimum atomic E-state index is 0.182. The van der Waals surface area contributed by atoms with Crippen LogP contribution >= 0.6 is 11.8 Å². The highest BCUT2D eigenvalue weighted by Gasteiger charge is 2.13. The first-order valence-electron chi connectivity index (χ1n) is 5.93. The Hall–Kier alpha value is -2.80. The van der Waals surface area contributed by atoms with E-state index >= 15 is 0 Å². The zero-order valence-corrected chi connectivity index (χ0v) is 11.8. The molecule has 0 aliphatic rings. The minimum Gasteiger partial charge on any atom is -0.383 e. The number of aromatic nitrogens is 6. The van der Waals surface area contributed by atoms with Crippen LogP contribution in [0.2, 0.25) is 0 Å². The van der Waals surface area contributed by atoms with Gasteiger partial charge >= 0.3 is 0 Å². The molecular formula is C11H11N9S. The van der Waals surface area contributed by atoms with Crippen molar-refractivity contribution in [1.82, 2.24) is 29.9 Å². The number of nitriles is 1. The number of thioether (sulfide) groups is 1. The smallest absolute Gasteiger partial charge is 0.231 e. The number of anilines is 3. The lowest BCUT2D eigenvalue weighted by molar-refractivity contribution is 0.710. The number of hydrogen-bond donors (Lipinski definition) is 3. The molecule has 3 rings (SSSR count). The van der Waals surface area contributed by atoms with E-state index in [4.69, 9.17) is 11.0 Å². The van der Waals surface area contributed by atoms with E-state index in [-0.39, 0.29) is 6.54 Å². The first kappa shape index (κ1) is 13.2. The number of fused-ring (bicyclic) bond motifs is 1. The molecule has 3 heterocycles. The molecule has 0 unspecified atom stereocenters. The Balaban J connectivity index is 1.92. The predicted octanol–water partition coefficient (Wildman–Crippen LogP) is 1.12. The fourth-order valence-electron chi connectivity index (χ4n) is 1.85. The van der Waals surface area contributed by atoms with Gasteiger partial charge in [0.25, 0.3) is 0 Å². The molecule has 4 N–H and O–H groups in total. The van der Waals surface area contributed by atoms with E-state index in [1.807, 2.05) is 12.3 Å². The van der Waals surface area contributed by atoms with Gasteiger partial charge in [-0.3, -0.25) is 9.78 Å². The molecule has 10 heteroatoms. The van der Waals surface area contributed by atoms with Crippen molar-refractivity contribution in [3.05, 3.63) is 12.4 Å². The summed E-state index contributed by atoms with van der Waals surface area (Å²) in [4.78, 5) is 8.53. The van der Waals surface area contributed by atoms with Crippen molar-refractivity contribution in [3.63, 3.8) is 0 Å². The van der Waals surface area contributed by atoms with Crippen LogP contribution in [0.1, 0.15) is 0 Å². The molecule has 0 aliphatic carbocycles. The summed E-state index contributed by atoms with van der Waals surface area (Å²) in [6, 6.07) is 2.01. The Bertz CT molecular complexity index is 828. The molecule has 0 fully saturated rings. The Morgan fingerprint density at radius 2 is 2.38 bits per heavy atom. The highest BCUT2D eigenvalue weighted by molar-refractivity contribution is 7.98. The molecule has 9 nitrogen and oxygen atoms in total. The highest BCUT2D eigenvalue weighted by Crippen LogP contribution is 2.27. The highest BCUT2D eigenvalue weighted by atomic mass is 32.2. The van der Waals surface area contributed by atoms with Crippen molar-refractivity contribution < 1.29 is 0 Å². The van der Waals surface area contributed by atoms with E-state index < -0.39 is 0 Å². The van der Waals surface area contributed by atoms with E-state index in [9.17, 15) is 0 Å². The van der Waals surface area contributed by atoms with E-state index in [0.29, 0.717) is 28.5 Å². The molecule has 3 aromatic rings. The summed E-state index contributed by atoms with van der Waals surface area (Å²) in [6.45, 7) is 0.182. The lowest BCUT2D eigenvalue weighted by Crippen LogP contribution is -2.01. The molecule has 0 spiro atoms. The first-order valence-corrected chi connectivity index (χ1v) is 7.15. The molecule has 0 bridgehead atoms. The van der Waals surface area contributed by atoms with E-state index in [1.54, 1.807) is 12.4 Å². The van der Waals surface area contributed by atoms with Crippen LogP contribution in [0.25, 0.3) is 11.0 Å². The van der Waals surface area contributed by atoms with Gasteiger partial charge in [0.15, 0.2) is 5.65 Å². The minimum absolute atomic E-state index is 0.182. The second-order valence-electron chi connectivity index (χ2n) is 4.10. The Labute approximate surface area is 123 Å². The van der Waals surface area contributed by atoms with Crippen LogP contribution in [-0.4, -0.2) is 36.2 Å². The van der Waals surface area contributed by atoms with Crippen LogP contribution < -0.4 is 11.1 Å². The zero-order valence-electron chi connectivity index (χ0n) is 11.0. The summed E-state index contributed by atoms with van der Waals surface area (Å²) >= 11 is 1.47. The van der Waals surface area contributed by atoms with Crippen molar-refractivity contribution in [1.29, 1.82) is 5.26 Å². The number of nitrogens with two attached hydrogens (primary N) is 1. The molecule has 0 saturated heterocycles. The van der Waals surface area contributed by atoms with Crippen LogP contribution in [0.5, 0.6) is 0 Å². The molecular weight excluding hydrogens is 290 g/mol. The Morgan fingerprint density at radius 3 is 3.14 bits per heavy atom. The summed E-state index contributed by atoms with van der Waals surface area (Å²) in [6.07, 6.45) is 5.18. The summed E-state index contributed by atoms with van der Waals surface area (Å²) in [5, 5.41) is 24.1. The Kier molecular flexibility index (Phi) is 3.33. The predicted molar refractivity (Wildman–Crippen MR) is 79.0 cm³/mol. The maximum Gasteiger partial charge on any atom is 0.231 e. The van der Waals surface area contributed by atoms with Gasteiger partial charge in [0, 0.05) is 6.20 Å². The molecule has 0 amide bonds. The molecule has 3 aromatic heterocycles. The second-order valence-corrected chi connectivity index (χ2v) is 4.89. The van der Waals surface area contributed by atoms with E-state index in [1.165, 1.54) is 16.4 Å². The number of nitrogens with one attached hydrogen (secondary N) is 2. The van der Waals surface area contributed by atoms with Gasteiger partial charge in [0.1, 0.15) is 17.4 Å². The van der Waals surface area contributed by atoms with Crippen molar-refractivity contribution >= 4 is 40.2 Å². The zero-order chi connectivity index (χ0) is 14.8. The maximum atomic E-state index is 8.61. The van der Waals surface area contributed by atoms with Gasteiger partial charge in [0.05, 0.1) is 23.3 Å². The van der Waals surface area contributed by atoms with Gasteiger partial charge < -0.3 is 11.1 Å². The quantitative estimate of drug-likeness (QED) is 0.610. The lowest BCUT2D eigenvalue weighted by atomic mass is 10.4. The number of aromatic amines is 1. The van der Waals surface area contributed by atoms with Crippen LogP contribution in [-0.2, 0) is 6.54 Å². The van der Waals surface area contributed by atoms with Gasteiger partial charge in [-0.1, -0.05) is 0 Å². The topological polar surface area (TPSA) is 134 Å². The van der Waals surface area contributed by atoms with Crippen molar-refractivity contribution in [2.75, 3.05) is 17.3 Å². The molecule has 0 aliphatic heterocycles. The molecule has 0 radical (unpaired) electrons. The van der Waals surface area contributed by atoms with E-state index in [0.717, 1.165) is 5.03 Å². The van der Waals surface area contributed by atoms with Gasteiger partial charge in [0.2, 0.25) is 5.95 Å². The van der Waals surface area contributed by atoms with Crippen molar-refractivity contribution in [2.24, 2.45) is 0 Å². The molecule has 0 aromatic carbocycles. The standard InChI is InChI=1S/C11H11N9S/c1-21-10-7-8(13)16-11(17-9(7)18-19-10)15-6-4-14-20(5-6)3-2-12/h4-5H,3H2,1H3,(H4,13,15,16,17,18,19). The summed E-state index contributed by atoms with van der Waals surface area (Å²) in [5.41, 5.74) is 7.20. The van der Waals surface area contributed by atoms with Gasteiger partial charge in [-0.25, -0.2) is 0 Å². The molecule has 106 valence electrons. The molecule has 21 heavy (non-hydrogen) atoms. The number of rotatable bonds is 4. The monoisotopic (exact) mass is 301 g/mol. The van der Waals surface area contributed by atoms with Gasteiger partial charge in [-0.05, 0) is 6.26 Å². The third-order valence-corrected chi connectivity index (χ3v) is 3.41. The van der Waals surface area contributed by atoms with Crippen LogP contribution in [0.4, 0.5) is 17.5 Å². The third kappa shape index (κ3) is 2.46. The third-order valence-electron chi connectivity index (χ3n) is 2.73. The fourth-order valence-corrected chi connectivity index (χ4v) is 2.39. The van der Waals surface area contributed by atoms with Crippen LogP contribution in [0.15, 0.2) is 17.4 Å². The van der Waals surface area contributed by atoms with Crippen molar-refractivity contribution in [2.45, 2.75) is 11.6 Å². The molecule has 0 saturated carbocycles. The van der Waals surface area contributed by atoms with Crippen molar-refractivity contribution in [3.8, 4) is 6.07 Å². The Morgan fingerprint density at radius 1 is 1.52 bits per heavy atom. The first-order chi connectivity index (χ1) is 10.2. The number of H-pyrrole nitrogens is 1. The van der Waals surface area contributed by atoms with Crippen LogP contribution in [0, 0.1) is 11.3 Å². The average molecular weight is 301 g/mol. The van der Waals surface area contributed by atoms with Crippen LogP contribution in [0.3, 0.4) is 0 Å². The second kappa shape index (κ2) is 5.29. The number of nitrogen functional groups attached to an aromatic ring is 1. The summed E-state index contributed by atoms with van der Waals surface area (Å²) < 4.78 is 1.51.